The van der Waals surface area contributed by atoms with E-state index in [2.05, 4.69) is 0 Å². The van der Waals surface area contributed by atoms with E-state index < -0.39 is 20.8 Å². The molecule has 0 bridgehead atoms. The Labute approximate surface area is 94.8 Å². The molecule has 0 saturated carbocycles. The molecule has 1 unspecified atom stereocenters. The Bertz CT molecular complexity index is 213. The number of hydrogen-bond acceptors (Lipinski definition) is 5. The first kappa shape index (κ1) is 23.2. The minimum Gasteiger partial charge on any atom is -0.726 e. The largest absolute Gasteiger partial charge is 1.00 e. The maximum absolute atomic E-state index is 8.74. The fraction of sp³-hybridized carbons (Fsp3) is 0. The molecular weight excluding hydrogens is 246 g/mol. The van der Waals surface area contributed by atoms with E-state index in [0.29, 0.717) is 0 Å². The Hall–Kier alpha value is 1.17. The Kier molecular flexibility index (Phi) is 16.9. The first-order valence-electron chi connectivity index (χ1n) is 1.38. The summed E-state index contributed by atoms with van der Waals surface area (Å²) in [5.41, 5.74) is 0. The van der Waals surface area contributed by atoms with E-state index in [1.807, 2.05) is 0 Å². The van der Waals surface area contributed by atoms with E-state index in [4.69, 9.17) is 35.0 Å². The van der Waals surface area contributed by atoms with E-state index in [1.165, 1.54) is 0 Å². The van der Waals surface area contributed by atoms with Crippen molar-refractivity contribution < 1.29 is 64.6 Å². The van der Waals surface area contributed by atoms with Gasteiger partial charge in [-0.1, -0.05) is 0 Å². The molecule has 0 fully saturated rings. The van der Waals surface area contributed by atoms with Gasteiger partial charge < -0.3 is 4.55 Å². The molecule has 0 aliphatic heterocycles. The molecule has 3 N–H and O–H groups in total. The molecule has 0 aromatic rings. The molecule has 12 heteroatoms. The van der Waals surface area contributed by atoms with Crippen LogP contribution in [-0.4, -0.2) is 35.0 Å². The molecule has 0 amide bonds. The van der Waals surface area contributed by atoms with Crippen LogP contribution in [0.4, 0.5) is 0 Å². The molecule has 72 valence electrons. The van der Waals surface area contributed by atoms with Crippen molar-refractivity contribution in [2.75, 3.05) is 0 Å². The molecule has 0 aromatic heterocycles. The zero-order valence-corrected chi connectivity index (χ0v) is 11.0. The fourth-order valence-corrected chi connectivity index (χ4v) is 0. The van der Waals surface area contributed by atoms with Crippen molar-refractivity contribution in [3.05, 3.63) is 0 Å². The minimum atomic E-state index is -4.92. The van der Waals surface area contributed by atoms with Gasteiger partial charge in [-0.2, -0.15) is 18.3 Å². The van der Waals surface area contributed by atoms with Gasteiger partial charge in [0.15, 0.2) is 0 Å². The van der Waals surface area contributed by atoms with Crippen LogP contribution in [-0.2, 0) is 20.8 Å². The summed E-state index contributed by atoms with van der Waals surface area (Å²) < 4.78 is 64.4. The molecule has 0 saturated heterocycles. The molecule has 0 radical (unpaired) electrons. The summed E-state index contributed by atoms with van der Waals surface area (Å²) in [7, 11) is -9.58. The van der Waals surface area contributed by atoms with Gasteiger partial charge in [0, 0.05) is 0 Å². The van der Waals surface area contributed by atoms with Crippen LogP contribution in [0.5, 0.6) is 0 Å². The molecule has 0 aromatic carbocycles. The molecule has 8 nitrogen and oxygen atoms in total. The van der Waals surface area contributed by atoms with Crippen LogP contribution in [0.2, 0.25) is 0 Å². The molecule has 1 atom stereocenters. The second kappa shape index (κ2) is 8.75. The third kappa shape index (κ3) is 844. The molecule has 0 heterocycles. The van der Waals surface area contributed by atoms with Crippen molar-refractivity contribution in [2.24, 2.45) is 0 Å². The van der Waals surface area contributed by atoms with Crippen molar-refractivity contribution in [3.8, 4) is 0 Å². The third-order valence-electron chi connectivity index (χ3n) is 0. The standard InChI is InChI=1S/Na.2H2O4S.H3P/c;2*1-5(2,3)4;/h;2*(H2,1,2,3,4);1H3/q+1;;;/p-1. The van der Waals surface area contributed by atoms with Crippen molar-refractivity contribution in [3.63, 3.8) is 0 Å². The van der Waals surface area contributed by atoms with Crippen molar-refractivity contribution in [1.82, 2.24) is 0 Å². The Balaban J connectivity index is -0.0000000457. The van der Waals surface area contributed by atoms with Crippen LogP contribution in [0.3, 0.4) is 0 Å². The van der Waals surface area contributed by atoms with Gasteiger partial charge in [0.05, 0.1) is 0 Å². The van der Waals surface area contributed by atoms with Gasteiger partial charge in [0.1, 0.15) is 0 Å². The van der Waals surface area contributed by atoms with E-state index in [1.54, 1.807) is 0 Å². The smallest absolute Gasteiger partial charge is 0.726 e. The maximum Gasteiger partial charge on any atom is 1.00 e. The summed E-state index contributed by atoms with van der Waals surface area (Å²) in [6, 6.07) is 0. The molecule has 12 heavy (non-hydrogen) atoms. The topological polar surface area (TPSA) is 152 Å². The van der Waals surface area contributed by atoms with Crippen molar-refractivity contribution >= 4 is 30.7 Å². The zero-order valence-electron chi connectivity index (χ0n) is 5.91. The molecule has 0 aliphatic rings. The summed E-state index contributed by atoms with van der Waals surface area (Å²) in [5, 5.41) is 0. The summed E-state index contributed by atoms with van der Waals surface area (Å²) >= 11 is 0. The van der Waals surface area contributed by atoms with E-state index in [-0.39, 0.29) is 39.5 Å². The van der Waals surface area contributed by atoms with Gasteiger partial charge >= 0.3 is 40.0 Å². The second-order valence-corrected chi connectivity index (χ2v) is 2.63. The first-order chi connectivity index (χ1) is 4.00. The van der Waals surface area contributed by atoms with Crippen LogP contribution < -0.4 is 29.6 Å². The van der Waals surface area contributed by atoms with E-state index in [0.717, 1.165) is 0 Å². The molecule has 0 rings (SSSR count). The average Bonchev–Trinajstić information content (AvgIpc) is 1.12. The number of rotatable bonds is 0. The third-order valence-corrected chi connectivity index (χ3v) is 0. The van der Waals surface area contributed by atoms with E-state index in [9.17, 15) is 0 Å². The van der Waals surface area contributed by atoms with Crippen LogP contribution >= 0.6 is 9.90 Å². The monoisotopic (exact) mass is 252 g/mol. The van der Waals surface area contributed by atoms with Crippen LogP contribution in [0, 0.1) is 0 Å². The molecule has 0 aliphatic carbocycles. The predicted octanol–water partition coefficient (Wildman–Crippen LogP) is -4.59. The SMILES string of the molecule is O=S(=O)(O)O.O=S(=O)([O-])O.P.[Na+]. The average molecular weight is 252 g/mol. The van der Waals surface area contributed by atoms with Gasteiger partial charge in [-0.15, -0.1) is 0 Å². The Morgan fingerprint density at radius 2 is 0.917 bits per heavy atom. The Morgan fingerprint density at radius 3 is 0.917 bits per heavy atom. The van der Waals surface area contributed by atoms with Crippen LogP contribution in [0.25, 0.3) is 0 Å². The van der Waals surface area contributed by atoms with Crippen LogP contribution in [0.15, 0.2) is 0 Å². The minimum absolute atomic E-state index is 0. The summed E-state index contributed by atoms with van der Waals surface area (Å²) in [4.78, 5) is 0. The van der Waals surface area contributed by atoms with Gasteiger partial charge in [0.25, 0.3) is 0 Å². The summed E-state index contributed by atoms with van der Waals surface area (Å²) in [6.45, 7) is 0. The fourth-order valence-electron chi connectivity index (χ4n) is 0. The second-order valence-electron chi connectivity index (χ2n) is 0.876. The van der Waals surface area contributed by atoms with Gasteiger partial charge in [-0.3, -0.25) is 13.7 Å². The molecular formula is H6NaO8PS2. The van der Waals surface area contributed by atoms with Crippen molar-refractivity contribution in [1.29, 1.82) is 0 Å². The quantitative estimate of drug-likeness (QED) is 0.168. The molecule has 0 spiro atoms. The van der Waals surface area contributed by atoms with Gasteiger partial charge in [-0.05, 0) is 0 Å². The maximum atomic E-state index is 8.74. The van der Waals surface area contributed by atoms with E-state index >= 15 is 0 Å². The zero-order chi connectivity index (χ0) is 9.00. The van der Waals surface area contributed by atoms with Gasteiger partial charge in [0.2, 0.25) is 10.4 Å². The normalized spacial score (nSPS) is 9.67. The van der Waals surface area contributed by atoms with Gasteiger partial charge in [-0.25, -0.2) is 8.42 Å². The Morgan fingerprint density at radius 1 is 0.917 bits per heavy atom. The summed E-state index contributed by atoms with van der Waals surface area (Å²) in [5.74, 6) is 0. The van der Waals surface area contributed by atoms with Crippen LogP contribution in [0.1, 0.15) is 0 Å². The predicted molar refractivity (Wildman–Crippen MR) is 37.6 cm³/mol. The number of hydrogen-bond donors (Lipinski definition) is 3. The first-order valence-corrected chi connectivity index (χ1v) is 4.14. The van der Waals surface area contributed by atoms with Crippen molar-refractivity contribution in [2.45, 2.75) is 0 Å². The summed E-state index contributed by atoms with van der Waals surface area (Å²) in [6.07, 6.45) is 0.